The molecule has 3 N–H and O–H groups in total. The minimum atomic E-state index is -0.468. The Morgan fingerprint density at radius 3 is 2.73 bits per heavy atom. The number of hydrogen-bond acceptors (Lipinski definition) is 4. The van der Waals surface area contributed by atoms with Gasteiger partial charge in [-0.15, -0.1) is 0 Å². The van der Waals surface area contributed by atoms with Crippen LogP contribution >= 0.6 is 0 Å². The summed E-state index contributed by atoms with van der Waals surface area (Å²) in [6.07, 6.45) is 0.463. The maximum atomic E-state index is 12.4. The van der Waals surface area contributed by atoms with E-state index in [1.165, 1.54) is 7.11 Å². The van der Waals surface area contributed by atoms with Crippen molar-refractivity contribution in [2.75, 3.05) is 25.1 Å². The van der Waals surface area contributed by atoms with Crippen LogP contribution in [0.1, 0.15) is 18.4 Å². The number of carbonyl (C=O) groups is 2. The van der Waals surface area contributed by atoms with Crippen molar-refractivity contribution >= 4 is 17.5 Å². The van der Waals surface area contributed by atoms with Crippen molar-refractivity contribution in [1.82, 2.24) is 5.32 Å². The van der Waals surface area contributed by atoms with Crippen LogP contribution in [-0.4, -0.2) is 44.2 Å². The molecule has 1 fully saturated rings. The molecular formula is C16H23N3O3. The third kappa shape index (κ3) is 3.84. The molecule has 6 heteroatoms. The highest BCUT2D eigenvalue weighted by molar-refractivity contribution is 6.01. The van der Waals surface area contributed by atoms with Gasteiger partial charge in [-0.3, -0.25) is 9.59 Å². The van der Waals surface area contributed by atoms with Crippen LogP contribution in [0.25, 0.3) is 0 Å². The number of benzene rings is 1. The molecule has 0 spiro atoms. The van der Waals surface area contributed by atoms with Crippen LogP contribution in [0.4, 0.5) is 5.69 Å². The number of nitrogens with two attached hydrogens (primary N) is 1. The Kier molecular flexibility index (Phi) is 5.51. The molecule has 1 aliphatic rings. The van der Waals surface area contributed by atoms with E-state index in [4.69, 9.17) is 10.5 Å². The van der Waals surface area contributed by atoms with E-state index in [-0.39, 0.29) is 30.9 Å². The van der Waals surface area contributed by atoms with Crippen molar-refractivity contribution in [3.63, 3.8) is 0 Å². The molecule has 0 aliphatic carbocycles. The standard InChI is InChI=1S/C16H23N3O3/c1-11-3-5-12(6-4-11)19-8-7-14(16(19)21)18-15(20)9-13(10-17)22-2/h3-6,13-14H,7-10,17H2,1-2H3,(H,18,20). The molecule has 2 amide bonds. The first-order valence-electron chi connectivity index (χ1n) is 7.45. The lowest BCUT2D eigenvalue weighted by atomic mass is 10.2. The summed E-state index contributed by atoms with van der Waals surface area (Å²) in [5, 5.41) is 2.77. The Morgan fingerprint density at radius 2 is 2.14 bits per heavy atom. The highest BCUT2D eigenvalue weighted by atomic mass is 16.5. The number of anilines is 1. The number of methoxy groups -OCH3 is 1. The summed E-state index contributed by atoms with van der Waals surface area (Å²) in [5.41, 5.74) is 7.51. The van der Waals surface area contributed by atoms with Gasteiger partial charge in [0.1, 0.15) is 6.04 Å². The zero-order chi connectivity index (χ0) is 16.1. The van der Waals surface area contributed by atoms with Crippen LogP contribution in [0.3, 0.4) is 0 Å². The number of carbonyl (C=O) groups excluding carboxylic acids is 2. The molecule has 2 atom stereocenters. The molecule has 6 nitrogen and oxygen atoms in total. The van der Waals surface area contributed by atoms with Gasteiger partial charge in [-0.25, -0.2) is 0 Å². The number of ether oxygens (including phenoxy) is 1. The number of amides is 2. The van der Waals surface area contributed by atoms with Crippen molar-refractivity contribution in [3.05, 3.63) is 29.8 Å². The van der Waals surface area contributed by atoms with Crippen LogP contribution in [-0.2, 0) is 14.3 Å². The van der Waals surface area contributed by atoms with Crippen LogP contribution in [0.15, 0.2) is 24.3 Å². The van der Waals surface area contributed by atoms with Gasteiger partial charge >= 0.3 is 0 Å². The summed E-state index contributed by atoms with van der Waals surface area (Å²) in [5.74, 6) is -0.277. The minimum absolute atomic E-state index is 0.0704. The number of nitrogens with zero attached hydrogens (tertiary/aromatic N) is 1. The van der Waals surface area contributed by atoms with Gasteiger partial charge in [-0.2, -0.15) is 0 Å². The summed E-state index contributed by atoms with van der Waals surface area (Å²) < 4.78 is 5.08. The van der Waals surface area contributed by atoms with Gasteiger partial charge in [-0.05, 0) is 25.5 Å². The van der Waals surface area contributed by atoms with Gasteiger partial charge in [0.25, 0.3) is 0 Å². The molecule has 120 valence electrons. The Labute approximate surface area is 130 Å². The Hall–Kier alpha value is -1.92. The Morgan fingerprint density at radius 1 is 1.45 bits per heavy atom. The molecule has 0 saturated carbocycles. The van der Waals surface area contributed by atoms with E-state index in [0.29, 0.717) is 13.0 Å². The highest BCUT2D eigenvalue weighted by Gasteiger charge is 2.33. The first kappa shape index (κ1) is 16.5. The lowest BCUT2D eigenvalue weighted by Gasteiger charge is -2.18. The SMILES string of the molecule is COC(CN)CC(=O)NC1CCN(c2ccc(C)cc2)C1=O. The van der Waals surface area contributed by atoms with Crippen LogP contribution in [0.5, 0.6) is 0 Å². The van der Waals surface area contributed by atoms with E-state index in [1.54, 1.807) is 4.90 Å². The summed E-state index contributed by atoms with van der Waals surface area (Å²) in [6.45, 7) is 2.89. The summed E-state index contributed by atoms with van der Waals surface area (Å²) in [7, 11) is 1.52. The number of rotatable bonds is 6. The van der Waals surface area contributed by atoms with E-state index in [9.17, 15) is 9.59 Å². The molecule has 1 aromatic rings. The van der Waals surface area contributed by atoms with Crippen LogP contribution < -0.4 is 16.0 Å². The molecule has 1 aromatic carbocycles. The van der Waals surface area contributed by atoms with Gasteiger partial charge in [0.2, 0.25) is 11.8 Å². The van der Waals surface area contributed by atoms with Gasteiger partial charge in [0.05, 0.1) is 12.5 Å². The lowest BCUT2D eigenvalue weighted by Crippen LogP contribution is -2.43. The number of aryl methyl sites for hydroxylation is 1. The van der Waals surface area contributed by atoms with Crippen molar-refractivity contribution in [1.29, 1.82) is 0 Å². The second-order valence-corrected chi connectivity index (χ2v) is 5.53. The molecule has 2 rings (SSSR count). The summed E-state index contributed by atoms with van der Waals surface area (Å²) >= 11 is 0. The fourth-order valence-electron chi connectivity index (χ4n) is 2.52. The van der Waals surface area contributed by atoms with E-state index in [0.717, 1.165) is 11.3 Å². The third-order valence-corrected chi connectivity index (χ3v) is 3.90. The molecule has 1 aliphatic heterocycles. The quantitative estimate of drug-likeness (QED) is 0.805. The maximum absolute atomic E-state index is 12.4. The highest BCUT2D eigenvalue weighted by Crippen LogP contribution is 2.22. The molecule has 1 heterocycles. The number of hydrogen-bond donors (Lipinski definition) is 2. The molecular weight excluding hydrogens is 282 g/mol. The minimum Gasteiger partial charge on any atom is -0.380 e. The first-order chi connectivity index (χ1) is 10.5. The topological polar surface area (TPSA) is 84.7 Å². The van der Waals surface area contributed by atoms with Crippen LogP contribution in [0.2, 0.25) is 0 Å². The fraction of sp³-hybridized carbons (Fsp3) is 0.500. The van der Waals surface area contributed by atoms with Gasteiger partial charge in [0, 0.05) is 25.9 Å². The van der Waals surface area contributed by atoms with E-state index in [1.807, 2.05) is 31.2 Å². The predicted molar refractivity (Wildman–Crippen MR) is 84.5 cm³/mol. The van der Waals surface area contributed by atoms with Crippen molar-refractivity contribution < 1.29 is 14.3 Å². The zero-order valence-corrected chi connectivity index (χ0v) is 13.0. The predicted octanol–water partition coefficient (Wildman–Crippen LogP) is 0.580. The van der Waals surface area contributed by atoms with E-state index in [2.05, 4.69) is 5.32 Å². The van der Waals surface area contributed by atoms with Crippen molar-refractivity contribution in [3.8, 4) is 0 Å². The van der Waals surface area contributed by atoms with Crippen molar-refractivity contribution in [2.24, 2.45) is 5.73 Å². The maximum Gasteiger partial charge on any atom is 0.249 e. The summed E-state index contributed by atoms with van der Waals surface area (Å²) in [4.78, 5) is 26.1. The monoisotopic (exact) mass is 305 g/mol. The average molecular weight is 305 g/mol. The molecule has 0 aromatic heterocycles. The number of nitrogens with one attached hydrogen (secondary N) is 1. The Balaban J connectivity index is 1.94. The normalized spacial score (nSPS) is 19.3. The zero-order valence-electron chi connectivity index (χ0n) is 13.0. The molecule has 0 radical (unpaired) electrons. The lowest BCUT2D eigenvalue weighted by molar-refractivity contribution is -0.128. The van der Waals surface area contributed by atoms with Crippen LogP contribution in [0, 0.1) is 6.92 Å². The molecule has 1 saturated heterocycles. The Bertz CT molecular complexity index is 526. The van der Waals surface area contributed by atoms with Gasteiger partial charge in [-0.1, -0.05) is 17.7 Å². The third-order valence-electron chi connectivity index (χ3n) is 3.90. The second kappa shape index (κ2) is 7.38. The second-order valence-electron chi connectivity index (χ2n) is 5.53. The molecule has 2 unspecified atom stereocenters. The largest absolute Gasteiger partial charge is 0.380 e. The average Bonchev–Trinajstić information content (AvgIpc) is 2.87. The van der Waals surface area contributed by atoms with E-state index >= 15 is 0 Å². The molecule has 0 bridgehead atoms. The van der Waals surface area contributed by atoms with E-state index < -0.39 is 6.04 Å². The van der Waals surface area contributed by atoms with Gasteiger partial charge in [0.15, 0.2) is 0 Å². The van der Waals surface area contributed by atoms with Gasteiger partial charge < -0.3 is 20.7 Å². The smallest absolute Gasteiger partial charge is 0.249 e. The van der Waals surface area contributed by atoms with Crippen molar-refractivity contribution in [2.45, 2.75) is 31.9 Å². The fourth-order valence-corrected chi connectivity index (χ4v) is 2.52. The molecule has 22 heavy (non-hydrogen) atoms. The first-order valence-corrected chi connectivity index (χ1v) is 7.45. The summed E-state index contributed by atoms with van der Waals surface area (Å²) in [6, 6.07) is 7.32.